The van der Waals surface area contributed by atoms with Crippen LogP contribution in [0.1, 0.15) is 16.7 Å². The van der Waals surface area contributed by atoms with Crippen LogP contribution >= 0.6 is 15.9 Å². The van der Waals surface area contributed by atoms with Crippen LogP contribution in [0.5, 0.6) is 5.75 Å². The first kappa shape index (κ1) is 16.7. The van der Waals surface area contributed by atoms with Gasteiger partial charge in [0.1, 0.15) is 17.9 Å². The van der Waals surface area contributed by atoms with Gasteiger partial charge in [-0.05, 0) is 46.6 Å². The molecule has 0 fully saturated rings. The Kier molecular flexibility index (Phi) is 4.20. The van der Waals surface area contributed by atoms with Crippen LogP contribution in [0.2, 0.25) is 0 Å². The molecular weight excluding hydrogens is 400 g/mol. The highest BCUT2D eigenvalue weighted by Gasteiger charge is 2.15. The Morgan fingerprint density at radius 3 is 2.77 bits per heavy atom. The molecule has 0 saturated carbocycles. The molecule has 0 bridgehead atoms. The van der Waals surface area contributed by atoms with Crippen LogP contribution in [0.25, 0.3) is 21.9 Å². The lowest BCUT2D eigenvalue weighted by Gasteiger charge is -2.11. The highest BCUT2D eigenvalue weighted by Crippen LogP contribution is 2.35. The smallest absolute Gasteiger partial charge is 0.307 e. The van der Waals surface area contributed by atoms with Gasteiger partial charge in [0.25, 0.3) is 0 Å². The standard InChI is InChI=1S/C20H15BrO5/c1-11-2-3-12(7-18(22)23)17(6-11)25-9-13-10-26-19-14-4-5-24-20(14)16(21)8-15(13)19/h2-6,8,10H,7,9H2,1H3,(H,22,23). The molecule has 4 rings (SSSR count). The van der Waals surface area contributed by atoms with Gasteiger partial charge in [0.15, 0.2) is 5.58 Å². The van der Waals surface area contributed by atoms with E-state index >= 15 is 0 Å². The van der Waals surface area contributed by atoms with Crippen molar-refractivity contribution in [1.29, 1.82) is 0 Å². The van der Waals surface area contributed by atoms with E-state index in [2.05, 4.69) is 15.9 Å². The second-order valence-corrected chi connectivity index (χ2v) is 6.98. The van der Waals surface area contributed by atoms with Crippen molar-refractivity contribution in [3.63, 3.8) is 0 Å². The van der Waals surface area contributed by atoms with E-state index in [0.717, 1.165) is 37.5 Å². The van der Waals surface area contributed by atoms with E-state index in [1.54, 1.807) is 18.6 Å². The molecule has 2 aromatic carbocycles. The molecule has 0 amide bonds. The fourth-order valence-corrected chi connectivity index (χ4v) is 3.54. The van der Waals surface area contributed by atoms with Crippen LogP contribution in [0.4, 0.5) is 0 Å². The molecule has 6 heteroatoms. The summed E-state index contributed by atoms with van der Waals surface area (Å²) < 4.78 is 18.0. The maximum atomic E-state index is 11.1. The van der Waals surface area contributed by atoms with Crippen molar-refractivity contribution in [1.82, 2.24) is 0 Å². The van der Waals surface area contributed by atoms with Crippen LogP contribution in [-0.4, -0.2) is 11.1 Å². The van der Waals surface area contributed by atoms with E-state index in [1.807, 2.05) is 31.2 Å². The van der Waals surface area contributed by atoms with E-state index in [-0.39, 0.29) is 13.0 Å². The molecule has 0 aliphatic rings. The summed E-state index contributed by atoms with van der Waals surface area (Å²) in [5.74, 6) is -0.316. The van der Waals surface area contributed by atoms with Crippen molar-refractivity contribution in [2.75, 3.05) is 0 Å². The predicted octanol–water partition coefficient (Wildman–Crippen LogP) is 5.46. The highest BCUT2D eigenvalue weighted by atomic mass is 79.9. The lowest BCUT2D eigenvalue weighted by atomic mass is 10.1. The van der Waals surface area contributed by atoms with Crippen molar-refractivity contribution >= 4 is 43.8 Å². The van der Waals surface area contributed by atoms with Gasteiger partial charge >= 0.3 is 5.97 Å². The molecule has 0 aliphatic heterocycles. The minimum Gasteiger partial charge on any atom is -0.488 e. The van der Waals surface area contributed by atoms with Gasteiger partial charge in [0, 0.05) is 16.5 Å². The average molecular weight is 415 g/mol. The van der Waals surface area contributed by atoms with Gasteiger partial charge in [-0.3, -0.25) is 4.79 Å². The number of furan rings is 2. The van der Waals surface area contributed by atoms with Crippen LogP contribution in [0.3, 0.4) is 0 Å². The number of benzene rings is 2. The third-order valence-corrected chi connectivity index (χ3v) is 4.84. The number of hydrogen-bond acceptors (Lipinski definition) is 4. The van der Waals surface area contributed by atoms with Crippen LogP contribution in [-0.2, 0) is 17.8 Å². The predicted molar refractivity (Wildman–Crippen MR) is 101 cm³/mol. The second-order valence-electron chi connectivity index (χ2n) is 6.13. The summed E-state index contributed by atoms with van der Waals surface area (Å²) in [4.78, 5) is 11.1. The fourth-order valence-electron chi connectivity index (χ4n) is 3.01. The molecule has 2 heterocycles. The number of hydrogen-bond donors (Lipinski definition) is 1. The van der Waals surface area contributed by atoms with Gasteiger partial charge in [-0.25, -0.2) is 0 Å². The Bertz CT molecular complexity index is 1120. The maximum absolute atomic E-state index is 11.1. The zero-order valence-electron chi connectivity index (χ0n) is 13.9. The van der Waals surface area contributed by atoms with Crippen LogP contribution in [0, 0.1) is 6.92 Å². The van der Waals surface area contributed by atoms with E-state index in [1.165, 1.54) is 0 Å². The first-order valence-electron chi connectivity index (χ1n) is 8.03. The topological polar surface area (TPSA) is 72.8 Å². The Labute approximate surface area is 157 Å². The number of carboxylic acid groups (broad SMARTS) is 1. The number of aryl methyl sites for hydroxylation is 1. The molecule has 4 aromatic rings. The van der Waals surface area contributed by atoms with Crippen molar-refractivity contribution < 1.29 is 23.5 Å². The lowest BCUT2D eigenvalue weighted by molar-refractivity contribution is -0.136. The molecule has 2 aromatic heterocycles. The number of carboxylic acids is 1. The van der Waals surface area contributed by atoms with Crippen molar-refractivity contribution in [3.05, 3.63) is 64.0 Å². The molecular formula is C20H15BrO5. The number of halogens is 1. The van der Waals surface area contributed by atoms with E-state index in [9.17, 15) is 4.79 Å². The maximum Gasteiger partial charge on any atom is 0.307 e. The van der Waals surface area contributed by atoms with Crippen LogP contribution < -0.4 is 4.74 Å². The normalized spacial score (nSPS) is 11.3. The minimum atomic E-state index is -0.890. The summed E-state index contributed by atoms with van der Waals surface area (Å²) in [6.07, 6.45) is 3.21. The van der Waals surface area contributed by atoms with Gasteiger partial charge in [-0.1, -0.05) is 12.1 Å². The molecule has 1 N–H and O–H groups in total. The molecule has 0 aliphatic carbocycles. The first-order chi connectivity index (χ1) is 12.5. The summed E-state index contributed by atoms with van der Waals surface area (Å²) >= 11 is 3.52. The molecule has 0 spiro atoms. The molecule has 0 atom stereocenters. The quantitative estimate of drug-likeness (QED) is 0.469. The van der Waals surface area contributed by atoms with E-state index < -0.39 is 5.97 Å². The molecule has 132 valence electrons. The third-order valence-electron chi connectivity index (χ3n) is 4.25. The molecule has 5 nitrogen and oxygen atoms in total. The van der Waals surface area contributed by atoms with E-state index in [4.69, 9.17) is 18.7 Å². The lowest BCUT2D eigenvalue weighted by Crippen LogP contribution is -2.04. The monoisotopic (exact) mass is 414 g/mol. The number of ether oxygens (including phenoxy) is 1. The van der Waals surface area contributed by atoms with Gasteiger partial charge < -0.3 is 18.7 Å². The number of rotatable bonds is 5. The summed E-state index contributed by atoms with van der Waals surface area (Å²) in [6.45, 7) is 2.22. The zero-order valence-corrected chi connectivity index (χ0v) is 15.5. The molecule has 0 radical (unpaired) electrons. The number of fused-ring (bicyclic) bond motifs is 3. The summed E-state index contributed by atoms with van der Waals surface area (Å²) in [5, 5.41) is 10.9. The first-order valence-corrected chi connectivity index (χ1v) is 8.82. The minimum absolute atomic E-state index is 0.0804. The Hall–Kier alpha value is -2.73. The summed E-state index contributed by atoms with van der Waals surface area (Å²) in [6, 6.07) is 9.33. The van der Waals surface area contributed by atoms with Crippen molar-refractivity contribution in [2.45, 2.75) is 20.0 Å². The Balaban J connectivity index is 1.68. The van der Waals surface area contributed by atoms with Crippen LogP contribution in [0.15, 0.2) is 56.2 Å². The molecule has 0 saturated heterocycles. The second kappa shape index (κ2) is 6.53. The number of carbonyl (C=O) groups is 1. The molecule has 26 heavy (non-hydrogen) atoms. The summed E-state index contributed by atoms with van der Waals surface area (Å²) in [5.41, 5.74) is 4.02. The molecule has 0 unspecified atom stereocenters. The SMILES string of the molecule is Cc1ccc(CC(=O)O)c(OCc2coc3c2cc(Br)c2occc23)c1. The average Bonchev–Trinajstić information content (AvgIpc) is 3.22. The van der Waals surface area contributed by atoms with Gasteiger partial charge in [0.2, 0.25) is 0 Å². The third kappa shape index (κ3) is 2.97. The fraction of sp³-hybridized carbons (Fsp3) is 0.150. The zero-order chi connectivity index (χ0) is 18.3. The summed E-state index contributed by atoms with van der Waals surface area (Å²) in [7, 11) is 0. The largest absolute Gasteiger partial charge is 0.488 e. The Morgan fingerprint density at radius 2 is 1.96 bits per heavy atom. The van der Waals surface area contributed by atoms with Crippen molar-refractivity contribution in [2.24, 2.45) is 0 Å². The van der Waals surface area contributed by atoms with E-state index in [0.29, 0.717) is 11.3 Å². The van der Waals surface area contributed by atoms with Gasteiger partial charge in [-0.2, -0.15) is 0 Å². The van der Waals surface area contributed by atoms with Gasteiger partial charge in [-0.15, -0.1) is 0 Å². The number of aliphatic carboxylic acids is 1. The highest BCUT2D eigenvalue weighted by molar-refractivity contribution is 9.10. The van der Waals surface area contributed by atoms with Gasteiger partial charge in [0.05, 0.1) is 28.8 Å². The Morgan fingerprint density at radius 1 is 1.12 bits per heavy atom. The van der Waals surface area contributed by atoms with Crippen molar-refractivity contribution in [3.8, 4) is 5.75 Å².